The van der Waals surface area contributed by atoms with Crippen molar-refractivity contribution in [1.29, 1.82) is 0 Å². The molecule has 6 rings (SSSR count). The summed E-state index contributed by atoms with van der Waals surface area (Å²) in [5.74, 6) is 43.8. The number of benzene rings is 2. The zero-order chi connectivity index (χ0) is 59.2. The van der Waals surface area contributed by atoms with Crippen molar-refractivity contribution >= 4 is 45.7 Å². The molecule has 428 valence electrons. The molecule has 2 saturated heterocycles. The van der Waals surface area contributed by atoms with Crippen LogP contribution in [-0.2, 0) is 44.4 Å². The van der Waals surface area contributed by atoms with Crippen LogP contribution in [0.15, 0.2) is 58.5 Å². The van der Waals surface area contributed by atoms with Crippen LogP contribution >= 0.6 is 23.5 Å². The van der Waals surface area contributed by atoms with E-state index in [-0.39, 0.29) is 74.3 Å². The standard InChI is InChI=1S/C23H32FNO4S.C20H6.C17H23FN2O2S.C2HF3O2.CH4/c1-15(2)27-12-17-10-16-13-30-20(11-21(26)29-22(3,4)5)25-23(16,14-28-17)18-8-6-7-9-19(18)24;1-3-5-7-9-11-13-15-17-19-20-18-16-14-12-10-8-6-4-2;1-11(2)21-8-13-7-12-9-23-16(19)20-17(12,10-22-13)14-5-3-4-6-15(14)18;3-2(4,5)1(6)7;/h6-9,15-17H,10-14H2,1-5H3;1-2H3;3-6,11-13H,7-10H2,1-2H3,(H2,19,20);(H,6,7);1H4/t16-,17+,23-;;12-,13+,17-;;/m0.0../s1. The second kappa shape index (κ2) is 35.5. The molecule has 0 amide bonds. The van der Waals surface area contributed by atoms with E-state index in [9.17, 15) is 26.7 Å². The summed E-state index contributed by atoms with van der Waals surface area (Å²) >= 11 is 3.10. The van der Waals surface area contributed by atoms with Gasteiger partial charge in [0, 0.05) is 34.5 Å². The number of aliphatic imine (C=N–C) groups is 2. The molecule has 0 radical (unpaired) electrons. The van der Waals surface area contributed by atoms with Gasteiger partial charge in [-0.15, -0.1) is 11.8 Å². The molecule has 0 bridgehead atoms. The van der Waals surface area contributed by atoms with Crippen LogP contribution in [0.2, 0.25) is 0 Å². The first-order chi connectivity index (χ1) is 38.0. The van der Waals surface area contributed by atoms with Crippen molar-refractivity contribution in [2.45, 2.75) is 136 Å². The van der Waals surface area contributed by atoms with Gasteiger partial charge < -0.3 is 34.5 Å². The van der Waals surface area contributed by atoms with Crippen LogP contribution in [-0.4, -0.2) is 101 Å². The number of nitrogens with zero attached hydrogens (tertiary/aromatic N) is 2. The molecule has 0 saturated carbocycles. The van der Waals surface area contributed by atoms with Gasteiger partial charge in [0.1, 0.15) is 28.3 Å². The summed E-state index contributed by atoms with van der Waals surface area (Å²) in [6.07, 6.45) is -3.18. The minimum Gasteiger partial charge on any atom is -0.475 e. The average Bonchev–Trinajstić information content (AvgIpc) is 3.59. The minimum absolute atomic E-state index is 0. The number of aliphatic carboxylic acids is 1. The van der Waals surface area contributed by atoms with Crippen molar-refractivity contribution in [2.75, 3.05) is 37.9 Å². The number of amidine groups is 1. The molecule has 4 aliphatic heterocycles. The maximum atomic E-state index is 14.9. The Morgan fingerprint density at radius 1 is 0.667 bits per heavy atom. The van der Waals surface area contributed by atoms with Gasteiger partial charge in [-0.05, 0) is 182 Å². The molecule has 0 unspecified atom stereocenters. The molecular weight excluding hydrogens is 1090 g/mol. The molecule has 6 atom stereocenters. The molecule has 2 aromatic carbocycles. The van der Waals surface area contributed by atoms with Crippen molar-refractivity contribution < 1.29 is 60.3 Å². The Labute approximate surface area is 483 Å². The number of carboxylic acid groups (broad SMARTS) is 1. The Hall–Kier alpha value is -7.25. The predicted molar refractivity (Wildman–Crippen MR) is 310 cm³/mol. The Morgan fingerprint density at radius 2 is 1.02 bits per heavy atom. The fourth-order valence-electron chi connectivity index (χ4n) is 7.74. The summed E-state index contributed by atoms with van der Waals surface area (Å²) in [5.41, 5.74) is 4.97. The number of nitrogens with two attached hydrogens (primary N) is 1. The molecule has 2 fully saturated rings. The van der Waals surface area contributed by atoms with Gasteiger partial charge in [-0.3, -0.25) is 9.79 Å². The Kier molecular flexibility index (Phi) is 30.6. The summed E-state index contributed by atoms with van der Waals surface area (Å²) in [6, 6.07) is 13.5. The molecule has 0 aliphatic carbocycles. The number of esters is 1. The van der Waals surface area contributed by atoms with Crippen molar-refractivity contribution in [3.8, 4) is 107 Å². The number of ether oxygens (including phenoxy) is 5. The monoisotopic (exact) mass is 1150 g/mol. The Bertz CT molecular complexity index is 3060. The Morgan fingerprint density at radius 3 is 1.37 bits per heavy atom. The lowest BCUT2D eigenvalue weighted by Gasteiger charge is -2.46. The molecule has 3 N–H and O–H groups in total. The highest BCUT2D eigenvalue weighted by Gasteiger charge is 2.51. The lowest BCUT2D eigenvalue weighted by molar-refractivity contribution is -0.192. The van der Waals surface area contributed by atoms with E-state index >= 15 is 0 Å². The van der Waals surface area contributed by atoms with Gasteiger partial charge in [-0.2, -0.15) is 13.2 Å². The van der Waals surface area contributed by atoms with E-state index in [1.165, 1.54) is 23.9 Å². The lowest BCUT2D eigenvalue weighted by Crippen LogP contribution is -2.51. The summed E-state index contributed by atoms with van der Waals surface area (Å²) in [7, 11) is 0. The highest BCUT2D eigenvalue weighted by Crippen LogP contribution is 2.48. The summed E-state index contributed by atoms with van der Waals surface area (Å²) < 4.78 is 90.0. The number of hydrogen-bond donors (Lipinski definition) is 2. The van der Waals surface area contributed by atoms with Gasteiger partial charge in [0.15, 0.2) is 5.17 Å². The van der Waals surface area contributed by atoms with E-state index in [1.54, 1.807) is 49.9 Å². The van der Waals surface area contributed by atoms with Crippen LogP contribution in [0.5, 0.6) is 0 Å². The highest BCUT2D eigenvalue weighted by atomic mass is 32.2. The molecule has 0 aromatic heterocycles. The van der Waals surface area contributed by atoms with Gasteiger partial charge in [-0.25, -0.2) is 18.6 Å². The van der Waals surface area contributed by atoms with Crippen LogP contribution in [0.4, 0.5) is 22.0 Å². The summed E-state index contributed by atoms with van der Waals surface area (Å²) in [4.78, 5) is 30.8. The van der Waals surface area contributed by atoms with Crippen molar-refractivity contribution in [3.05, 3.63) is 71.3 Å². The van der Waals surface area contributed by atoms with Crippen LogP contribution in [0.1, 0.15) is 100 Å². The first-order valence-electron chi connectivity index (χ1n) is 25.0. The highest BCUT2D eigenvalue weighted by molar-refractivity contribution is 8.14. The zero-order valence-electron chi connectivity index (χ0n) is 45.9. The van der Waals surface area contributed by atoms with E-state index < -0.39 is 28.8 Å². The number of carboxylic acids is 1. The molecular formula is C63H66F5N3O8S2. The topological polar surface area (TPSA) is 151 Å². The minimum atomic E-state index is -5.08. The number of halogens is 5. The number of carbonyl (C=O) groups is 2. The molecule has 0 spiro atoms. The number of rotatable bonds is 10. The van der Waals surface area contributed by atoms with Crippen molar-refractivity contribution in [2.24, 2.45) is 27.6 Å². The van der Waals surface area contributed by atoms with Crippen LogP contribution in [0, 0.1) is 130 Å². The predicted octanol–water partition coefficient (Wildman–Crippen LogP) is 9.97. The maximum absolute atomic E-state index is 14.9. The van der Waals surface area contributed by atoms with Crippen LogP contribution in [0.25, 0.3) is 0 Å². The second-order valence-corrected chi connectivity index (χ2v) is 21.1. The van der Waals surface area contributed by atoms with Crippen LogP contribution in [0.3, 0.4) is 0 Å². The van der Waals surface area contributed by atoms with Gasteiger partial charge in [0.2, 0.25) is 0 Å². The third-order valence-electron chi connectivity index (χ3n) is 11.1. The van der Waals surface area contributed by atoms with E-state index in [4.69, 9.17) is 44.3 Å². The number of carbonyl (C=O) groups excluding carboxylic acids is 1. The first-order valence-corrected chi connectivity index (χ1v) is 26.9. The number of fused-ring (bicyclic) bond motifs is 2. The molecule has 81 heavy (non-hydrogen) atoms. The third-order valence-corrected chi connectivity index (χ3v) is 13.2. The molecule has 4 heterocycles. The maximum Gasteiger partial charge on any atom is 0.490 e. The SMILES string of the molecule is C.CC#CC#CC#CC#CC#CC#CC#CC#CC#CC.CC(C)OC[C@H]1C[C@H]2CSC(CC(=O)OC(C)(C)C)=N[C@@]2(c2ccccc2F)CO1.CC(C)OC[C@H]1C[C@H]2CSC(N)=N[C@@]2(c2ccccc2F)CO1.O=C(O)C(F)(F)F. The normalized spacial score (nSPS) is 20.6. The summed E-state index contributed by atoms with van der Waals surface area (Å²) in [6.45, 7) is 18.6. The quantitative estimate of drug-likeness (QED) is 0.133. The number of hydrogen-bond acceptors (Lipinski definition) is 12. The molecule has 2 aromatic rings. The Balaban J connectivity index is 0.000000397. The van der Waals surface area contributed by atoms with Gasteiger partial charge >= 0.3 is 18.1 Å². The molecule has 11 nitrogen and oxygen atoms in total. The average molecular weight is 1150 g/mol. The summed E-state index contributed by atoms with van der Waals surface area (Å²) in [5, 5.41) is 8.30. The van der Waals surface area contributed by atoms with E-state index in [0.29, 0.717) is 41.2 Å². The third kappa shape index (κ3) is 25.0. The fraction of sp³-hybridized carbons (Fsp3) is 0.460. The van der Waals surface area contributed by atoms with Gasteiger partial charge in [0.05, 0.1) is 62.3 Å². The van der Waals surface area contributed by atoms with Crippen molar-refractivity contribution in [1.82, 2.24) is 0 Å². The number of thioether (sulfide) groups is 2. The van der Waals surface area contributed by atoms with E-state index in [0.717, 1.165) is 24.3 Å². The number of alkyl halides is 3. The van der Waals surface area contributed by atoms with Gasteiger partial charge in [0.25, 0.3) is 0 Å². The molecule has 4 aliphatic rings. The first kappa shape index (κ1) is 69.9. The smallest absolute Gasteiger partial charge is 0.475 e. The largest absolute Gasteiger partial charge is 0.490 e. The fourth-order valence-corrected chi connectivity index (χ4v) is 10.0. The van der Waals surface area contributed by atoms with Crippen molar-refractivity contribution in [3.63, 3.8) is 0 Å². The molecule has 18 heteroatoms. The van der Waals surface area contributed by atoms with Gasteiger partial charge in [-0.1, -0.05) is 67.4 Å². The lowest BCUT2D eigenvalue weighted by atomic mass is 9.75. The van der Waals surface area contributed by atoms with Crippen LogP contribution < -0.4 is 5.73 Å². The zero-order valence-corrected chi connectivity index (χ0v) is 47.6. The van der Waals surface area contributed by atoms with E-state index in [1.807, 2.05) is 60.6 Å². The van der Waals surface area contributed by atoms with E-state index in [2.05, 4.69) is 112 Å². The second-order valence-electron chi connectivity index (χ2n) is 18.9.